The van der Waals surface area contributed by atoms with Crippen LogP contribution in [-0.2, 0) is 17.1 Å². The Balaban J connectivity index is 1.88. The number of carbonyl (C=O) groups is 1. The molecule has 1 saturated heterocycles. The molecule has 1 atom stereocenters. The number of hydrogen-bond acceptors (Lipinski definition) is 2. The molecule has 0 saturated carbocycles. The Labute approximate surface area is 110 Å². The van der Waals surface area contributed by atoms with Crippen molar-refractivity contribution in [2.45, 2.75) is 25.2 Å². The smallest absolute Gasteiger partial charge is 0.277 e. The molecule has 1 amide bonds. The van der Waals surface area contributed by atoms with Crippen LogP contribution in [0.15, 0.2) is 18.2 Å². The Hall–Kier alpha value is -1.49. The van der Waals surface area contributed by atoms with Crippen molar-refractivity contribution in [3.8, 4) is 0 Å². The van der Waals surface area contributed by atoms with Crippen LogP contribution < -0.4 is 10.6 Å². The summed E-state index contributed by atoms with van der Waals surface area (Å²) in [6.45, 7) is 1.16. The Morgan fingerprint density at radius 3 is 2.89 bits per heavy atom. The highest BCUT2D eigenvalue weighted by molar-refractivity contribution is 5.99. The molecule has 3 rings (SSSR count). The maximum absolute atomic E-state index is 14.5. The van der Waals surface area contributed by atoms with Crippen LogP contribution in [0.4, 0.5) is 14.5 Å². The minimum absolute atomic E-state index is 0.0245. The first kappa shape index (κ1) is 12.5. The van der Waals surface area contributed by atoms with Crippen LogP contribution in [0.2, 0.25) is 0 Å². The van der Waals surface area contributed by atoms with Crippen LogP contribution in [0, 0.1) is 5.92 Å². The number of benzene rings is 1. The summed E-state index contributed by atoms with van der Waals surface area (Å²) in [6, 6.07) is 4.49. The molecule has 1 unspecified atom stereocenters. The summed E-state index contributed by atoms with van der Waals surface area (Å²) in [6.07, 6.45) is 1.52. The number of alkyl halides is 2. The first-order valence-corrected chi connectivity index (χ1v) is 6.59. The molecule has 0 radical (unpaired) electrons. The van der Waals surface area contributed by atoms with Gasteiger partial charge in [0.25, 0.3) is 5.92 Å². The fraction of sp³-hybridized carbons (Fsp3) is 0.500. The number of rotatable bonds is 2. The number of halogens is 2. The second-order valence-corrected chi connectivity index (χ2v) is 5.26. The minimum Gasteiger partial charge on any atom is -0.326 e. The molecule has 1 aromatic rings. The summed E-state index contributed by atoms with van der Waals surface area (Å²) in [7, 11) is 0. The van der Waals surface area contributed by atoms with Crippen LogP contribution in [-0.4, -0.2) is 19.0 Å². The van der Waals surface area contributed by atoms with Gasteiger partial charge in [-0.1, -0.05) is 6.07 Å². The van der Waals surface area contributed by atoms with Crippen LogP contribution in [0.3, 0.4) is 0 Å². The van der Waals surface area contributed by atoms with Crippen LogP contribution in [0.5, 0.6) is 0 Å². The van der Waals surface area contributed by atoms with Crippen molar-refractivity contribution < 1.29 is 13.6 Å². The van der Waals surface area contributed by atoms with E-state index in [4.69, 9.17) is 0 Å². The minimum atomic E-state index is -2.84. The Bertz CT molecular complexity index is 510. The number of hydrogen-bond donors (Lipinski definition) is 2. The van der Waals surface area contributed by atoms with Gasteiger partial charge in [-0.15, -0.1) is 0 Å². The van der Waals surface area contributed by atoms with E-state index in [0.29, 0.717) is 24.2 Å². The normalized spacial score (nSPS) is 23.1. The maximum Gasteiger partial charge on any atom is 0.277 e. The van der Waals surface area contributed by atoms with Gasteiger partial charge in [0.05, 0.1) is 6.42 Å². The molecule has 2 aliphatic rings. The van der Waals surface area contributed by atoms with E-state index in [1.807, 2.05) is 0 Å². The third-order valence-corrected chi connectivity index (χ3v) is 3.92. The van der Waals surface area contributed by atoms with Crippen LogP contribution in [0.1, 0.15) is 24.0 Å². The van der Waals surface area contributed by atoms with Crippen molar-refractivity contribution in [3.63, 3.8) is 0 Å². The third kappa shape index (κ3) is 2.23. The summed E-state index contributed by atoms with van der Waals surface area (Å²) in [4.78, 5) is 11.3. The van der Waals surface area contributed by atoms with Crippen molar-refractivity contribution >= 4 is 11.6 Å². The van der Waals surface area contributed by atoms with Gasteiger partial charge >= 0.3 is 0 Å². The second kappa shape index (κ2) is 4.56. The highest BCUT2D eigenvalue weighted by atomic mass is 19.3. The van der Waals surface area contributed by atoms with Crippen LogP contribution in [0.25, 0.3) is 0 Å². The molecule has 19 heavy (non-hydrogen) atoms. The van der Waals surface area contributed by atoms with Gasteiger partial charge in [-0.05, 0) is 37.1 Å². The van der Waals surface area contributed by atoms with E-state index in [-0.39, 0.29) is 17.9 Å². The van der Waals surface area contributed by atoms with Gasteiger partial charge in [-0.3, -0.25) is 4.79 Å². The Morgan fingerprint density at radius 2 is 2.16 bits per heavy atom. The molecular weight excluding hydrogens is 250 g/mol. The molecule has 0 spiro atoms. The van der Waals surface area contributed by atoms with E-state index < -0.39 is 11.8 Å². The number of nitrogens with one attached hydrogen (secondary N) is 2. The lowest BCUT2D eigenvalue weighted by molar-refractivity contribution is -0.115. The van der Waals surface area contributed by atoms with E-state index >= 15 is 0 Å². The van der Waals surface area contributed by atoms with E-state index in [2.05, 4.69) is 10.6 Å². The first-order valence-electron chi connectivity index (χ1n) is 6.59. The van der Waals surface area contributed by atoms with E-state index in [1.54, 1.807) is 6.07 Å². The fourth-order valence-corrected chi connectivity index (χ4v) is 2.83. The van der Waals surface area contributed by atoms with Gasteiger partial charge in [0.15, 0.2) is 0 Å². The topological polar surface area (TPSA) is 41.1 Å². The SMILES string of the molecule is O=C1Cc2cc(C(F)(F)C3CCCNC3)ccc2N1. The highest BCUT2D eigenvalue weighted by Crippen LogP contribution is 2.40. The van der Waals surface area contributed by atoms with Crippen molar-refractivity contribution in [2.75, 3.05) is 18.4 Å². The van der Waals surface area contributed by atoms with Gasteiger partial charge < -0.3 is 10.6 Å². The van der Waals surface area contributed by atoms with Gasteiger partial charge in [-0.2, -0.15) is 0 Å². The van der Waals surface area contributed by atoms with Crippen LogP contribution >= 0.6 is 0 Å². The predicted octanol–water partition coefficient (Wildman–Crippen LogP) is 2.27. The third-order valence-electron chi connectivity index (χ3n) is 3.92. The number of amides is 1. The summed E-state index contributed by atoms with van der Waals surface area (Å²) < 4.78 is 28.9. The number of piperidine rings is 1. The largest absolute Gasteiger partial charge is 0.326 e. The molecule has 0 aromatic heterocycles. The van der Waals surface area contributed by atoms with Gasteiger partial charge in [-0.25, -0.2) is 8.78 Å². The standard InChI is InChI=1S/C14H16F2N2O/c15-14(16,11-2-1-5-17-8-11)10-3-4-12-9(6-10)7-13(19)18-12/h3-4,6,11,17H,1-2,5,7-8H2,(H,18,19). The molecule has 2 N–H and O–H groups in total. The predicted molar refractivity (Wildman–Crippen MR) is 68.3 cm³/mol. The molecule has 5 heteroatoms. The van der Waals surface area contributed by atoms with E-state index in [1.165, 1.54) is 12.1 Å². The average Bonchev–Trinajstić information content (AvgIpc) is 2.78. The zero-order valence-electron chi connectivity index (χ0n) is 10.5. The van der Waals surface area contributed by atoms with Gasteiger partial charge in [0, 0.05) is 23.7 Å². The van der Waals surface area contributed by atoms with Crippen molar-refractivity contribution in [3.05, 3.63) is 29.3 Å². The molecule has 0 aliphatic carbocycles. The Kier molecular flexibility index (Phi) is 3.01. The summed E-state index contributed by atoms with van der Waals surface area (Å²) in [5.74, 6) is -3.63. The van der Waals surface area contributed by atoms with Gasteiger partial charge in [0.1, 0.15) is 0 Å². The summed E-state index contributed by atoms with van der Waals surface area (Å²) in [5.41, 5.74) is 1.36. The van der Waals surface area contributed by atoms with E-state index in [0.717, 1.165) is 13.0 Å². The van der Waals surface area contributed by atoms with E-state index in [9.17, 15) is 13.6 Å². The van der Waals surface area contributed by atoms with Crippen molar-refractivity contribution in [1.82, 2.24) is 5.32 Å². The fourth-order valence-electron chi connectivity index (χ4n) is 2.83. The molecule has 0 bridgehead atoms. The quantitative estimate of drug-likeness (QED) is 0.862. The highest BCUT2D eigenvalue weighted by Gasteiger charge is 2.42. The van der Waals surface area contributed by atoms with Crippen molar-refractivity contribution in [2.24, 2.45) is 5.92 Å². The zero-order chi connectivity index (χ0) is 13.5. The first-order chi connectivity index (χ1) is 9.07. The lowest BCUT2D eigenvalue weighted by Crippen LogP contribution is -2.39. The maximum atomic E-state index is 14.5. The second-order valence-electron chi connectivity index (χ2n) is 5.26. The molecule has 2 aliphatic heterocycles. The van der Waals surface area contributed by atoms with Gasteiger partial charge in [0.2, 0.25) is 5.91 Å². The van der Waals surface area contributed by atoms with Crippen molar-refractivity contribution in [1.29, 1.82) is 0 Å². The molecular formula is C14H16F2N2O. The monoisotopic (exact) mass is 266 g/mol. The molecule has 1 aromatic carbocycles. The lowest BCUT2D eigenvalue weighted by Gasteiger charge is -2.31. The molecule has 2 heterocycles. The molecule has 102 valence electrons. The summed E-state index contributed by atoms with van der Waals surface area (Å²) >= 11 is 0. The number of fused-ring (bicyclic) bond motifs is 1. The Morgan fingerprint density at radius 1 is 1.32 bits per heavy atom. The number of carbonyl (C=O) groups excluding carboxylic acids is 1. The molecule has 1 fully saturated rings. The average molecular weight is 266 g/mol. The lowest BCUT2D eigenvalue weighted by atomic mass is 9.87. The number of anilines is 1. The summed E-state index contributed by atoms with van der Waals surface area (Å²) in [5, 5.41) is 5.68. The molecule has 3 nitrogen and oxygen atoms in total. The zero-order valence-corrected chi connectivity index (χ0v) is 10.5.